The number of rotatable bonds is 4. The first-order valence-electron chi connectivity index (χ1n) is 7.64. The minimum Gasteiger partial charge on any atom is -0.504 e. The molecule has 2 aliphatic heterocycles. The number of nitrogens with zero attached hydrogens (tertiary/aromatic N) is 1. The van der Waals surface area contributed by atoms with Gasteiger partial charge in [-0.2, -0.15) is 0 Å². The van der Waals surface area contributed by atoms with E-state index in [1.807, 2.05) is 6.07 Å². The molecule has 2 N–H and O–H groups in total. The van der Waals surface area contributed by atoms with Gasteiger partial charge < -0.3 is 15.2 Å². The van der Waals surface area contributed by atoms with Crippen molar-refractivity contribution in [3.05, 3.63) is 22.7 Å². The average molecular weight is 311 g/mol. The maximum atomic E-state index is 10.3. The standard InChI is InChI=1S/C16H23ClN2O2/c1-3-14-13-7-18-6-11(13)9-19(14)8-10-4-12(17)5-15(21-2)16(10)20/h4-5,11,13-14,18,20H,3,6-9H2,1-2H3. The van der Waals surface area contributed by atoms with E-state index in [4.69, 9.17) is 16.3 Å². The molecule has 3 unspecified atom stereocenters. The number of methoxy groups -OCH3 is 1. The van der Waals surface area contributed by atoms with Gasteiger partial charge in [0.2, 0.25) is 0 Å². The van der Waals surface area contributed by atoms with Crippen LogP contribution in [0.25, 0.3) is 0 Å². The van der Waals surface area contributed by atoms with Crippen molar-refractivity contribution < 1.29 is 9.84 Å². The van der Waals surface area contributed by atoms with E-state index in [0.717, 1.165) is 50.0 Å². The van der Waals surface area contributed by atoms with Gasteiger partial charge in [-0.25, -0.2) is 0 Å². The number of aromatic hydroxyl groups is 1. The number of hydrogen-bond acceptors (Lipinski definition) is 4. The van der Waals surface area contributed by atoms with Crippen LogP contribution < -0.4 is 10.1 Å². The Hall–Kier alpha value is -0.970. The van der Waals surface area contributed by atoms with Crippen molar-refractivity contribution in [2.75, 3.05) is 26.7 Å². The summed E-state index contributed by atoms with van der Waals surface area (Å²) in [6, 6.07) is 4.08. The Morgan fingerprint density at radius 2 is 2.24 bits per heavy atom. The zero-order valence-electron chi connectivity index (χ0n) is 12.6. The van der Waals surface area contributed by atoms with E-state index in [1.54, 1.807) is 13.2 Å². The molecule has 0 aromatic heterocycles. The molecule has 4 nitrogen and oxygen atoms in total. The van der Waals surface area contributed by atoms with Crippen LogP contribution in [0.3, 0.4) is 0 Å². The monoisotopic (exact) mass is 310 g/mol. The van der Waals surface area contributed by atoms with Gasteiger partial charge >= 0.3 is 0 Å². The van der Waals surface area contributed by atoms with Crippen LogP contribution in [0.1, 0.15) is 18.9 Å². The molecule has 5 heteroatoms. The normalized spacial score (nSPS) is 28.8. The number of hydrogen-bond donors (Lipinski definition) is 2. The fraction of sp³-hybridized carbons (Fsp3) is 0.625. The summed E-state index contributed by atoms with van der Waals surface area (Å²) in [4.78, 5) is 2.49. The van der Waals surface area contributed by atoms with Crippen LogP contribution in [0.2, 0.25) is 5.02 Å². The molecule has 116 valence electrons. The van der Waals surface area contributed by atoms with E-state index in [1.165, 1.54) is 0 Å². The van der Waals surface area contributed by atoms with Crippen LogP contribution >= 0.6 is 11.6 Å². The quantitative estimate of drug-likeness (QED) is 0.897. The molecule has 3 atom stereocenters. The summed E-state index contributed by atoms with van der Waals surface area (Å²) in [6.07, 6.45) is 1.14. The third-order valence-electron chi connectivity index (χ3n) is 4.95. The lowest BCUT2D eigenvalue weighted by atomic mass is 9.93. The fourth-order valence-electron chi connectivity index (χ4n) is 3.98. The van der Waals surface area contributed by atoms with Gasteiger partial charge in [0.05, 0.1) is 7.11 Å². The van der Waals surface area contributed by atoms with Gasteiger partial charge in [0.15, 0.2) is 11.5 Å². The van der Waals surface area contributed by atoms with E-state index in [0.29, 0.717) is 16.8 Å². The molecule has 2 heterocycles. The molecule has 2 aliphatic rings. The topological polar surface area (TPSA) is 44.7 Å². The van der Waals surface area contributed by atoms with E-state index in [2.05, 4.69) is 17.1 Å². The van der Waals surface area contributed by atoms with E-state index in [-0.39, 0.29) is 5.75 Å². The molecular formula is C16H23ClN2O2. The molecule has 3 rings (SSSR count). The molecular weight excluding hydrogens is 288 g/mol. The van der Waals surface area contributed by atoms with Gasteiger partial charge in [0, 0.05) is 35.8 Å². The molecule has 2 fully saturated rings. The summed E-state index contributed by atoms with van der Waals surface area (Å²) in [5.41, 5.74) is 0.853. The number of halogens is 1. The van der Waals surface area contributed by atoms with Crippen LogP contribution in [0, 0.1) is 11.8 Å². The predicted octanol–water partition coefficient (Wildman–Crippen LogP) is 2.48. The summed E-state index contributed by atoms with van der Waals surface area (Å²) in [5, 5.41) is 14.4. The number of ether oxygens (including phenoxy) is 1. The largest absolute Gasteiger partial charge is 0.504 e. The number of fused-ring (bicyclic) bond motifs is 1. The molecule has 21 heavy (non-hydrogen) atoms. The lowest BCUT2D eigenvalue weighted by Gasteiger charge is -2.27. The van der Waals surface area contributed by atoms with Crippen LogP contribution in [0.5, 0.6) is 11.5 Å². The van der Waals surface area contributed by atoms with Crippen molar-refractivity contribution in [3.63, 3.8) is 0 Å². The van der Waals surface area contributed by atoms with E-state index < -0.39 is 0 Å². The predicted molar refractivity (Wildman–Crippen MR) is 84.0 cm³/mol. The van der Waals surface area contributed by atoms with Crippen molar-refractivity contribution >= 4 is 11.6 Å². The van der Waals surface area contributed by atoms with Crippen molar-refractivity contribution in [3.8, 4) is 11.5 Å². The summed E-state index contributed by atoms with van der Waals surface area (Å²) >= 11 is 6.13. The number of phenols is 1. The highest BCUT2D eigenvalue weighted by atomic mass is 35.5. The maximum Gasteiger partial charge on any atom is 0.162 e. The average Bonchev–Trinajstić information content (AvgIpc) is 3.02. The van der Waals surface area contributed by atoms with Crippen molar-refractivity contribution in [1.82, 2.24) is 10.2 Å². The second-order valence-corrected chi connectivity index (χ2v) is 6.54. The van der Waals surface area contributed by atoms with Crippen LogP contribution in [0.15, 0.2) is 12.1 Å². The Bertz CT molecular complexity index is 523. The first kappa shape index (κ1) is 14.9. The third kappa shape index (κ3) is 2.72. The Kier molecular flexibility index (Phi) is 4.29. The fourth-order valence-corrected chi connectivity index (χ4v) is 4.21. The number of phenolic OH excluding ortho intramolecular Hbond substituents is 1. The van der Waals surface area contributed by atoms with Gasteiger partial charge in [-0.1, -0.05) is 18.5 Å². The molecule has 2 saturated heterocycles. The number of nitrogens with one attached hydrogen (secondary N) is 1. The zero-order chi connectivity index (χ0) is 15.0. The van der Waals surface area contributed by atoms with Crippen LogP contribution in [0.4, 0.5) is 0 Å². The lowest BCUT2D eigenvalue weighted by Crippen LogP contribution is -2.34. The first-order valence-corrected chi connectivity index (χ1v) is 8.02. The van der Waals surface area contributed by atoms with E-state index in [9.17, 15) is 5.11 Å². The molecule has 0 amide bonds. The number of benzene rings is 1. The summed E-state index contributed by atoms with van der Waals surface area (Å²) in [5.74, 6) is 2.13. The summed E-state index contributed by atoms with van der Waals surface area (Å²) < 4.78 is 5.20. The minimum atomic E-state index is 0.215. The van der Waals surface area contributed by atoms with Crippen LogP contribution in [-0.2, 0) is 6.54 Å². The van der Waals surface area contributed by atoms with Gasteiger partial charge in [-0.05, 0) is 37.4 Å². The zero-order valence-corrected chi connectivity index (χ0v) is 13.4. The highest BCUT2D eigenvalue weighted by Crippen LogP contribution is 2.39. The summed E-state index contributed by atoms with van der Waals surface area (Å²) in [6.45, 7) is 6.29. The Morgan fingerprint density at radius 3 is 2.95 bits per heavy atom. The van der Waals surface area contributed by atoms with Gasteiger partial charge in [0.25, 0.3) is 0 Å². The molecule has 0 radical (unpaired) electrons. The van der Waals surface area contributed by atoms with Crippen LogP contribution in [-0.4, -0.2) is 42.8 Å². The highest BCUT2D eigenvalue weighted by molar-refractivity contribution is 6.30. The molecule has 1 aromatic carbocycles. The third-order valence-corrected chi connectivity index (χ3v) is 5.17. The Labute approximate surface area is 131 Å². The molecule has 0 aliphatic carbocycles. The molecule has 0 bridgehead atoms. The van der Waals surface area contributed by atoms with Gasteiger partial charge in [0.1, 0.15) is 0 Å². The van der Waals surface area contributed by atoms with Crippen molar-refractivity contribution in [2.24, 2.45) is 11.8 Å². The molecule has 1 aromatic rings. The van der Waals surface area contributed by atoms with E-state index >= 15 is 0 Å². The summed E-state index contributed by atoms with van der Waals surface area (Å²) in [7, 11) is 1.55. The Balaban J connectivity index is 1.82. The SMILES string of the molecule is CCC1C2CNCC2CN1Cc1cc(Cl)cc(OC)c1O. The second kappa shape index (κ2) is 6.03. The second-order valence-electron chi connectivity index (χ2n) is 6.10. The first-order chi connectivity index (χ1) is 10.1. The van der Waals surface area contributed by atoms with Crippen molar-refractivity contribution in [2.45, 2.75) is 25.9 Å². The number of likely N-dealkylation sites (tertiary alicyclic amines) is 1. The van der Waals surface area contributed by atoms with Gasteiger partial charge in [-0.3, -0.25) is 4.90 Å². The minimum absolute atomic E-state index is 0.215. The highest BCUT2D eigenvalue weighted by Gasteiger charge is 2.43. The molecule has 0 saturated carbocycles. The smallest absolute Gasteiger partial charge is 0.162 e. The maximum absolute atomic E-state index is 10.3. The van der Waals surface area contributed by atoms with Crippen molar-refractivity contribution in [1.29, 1.82) is 0 Å². The Morgan fingerprint density at radius 1 is 1.43 bits per heavy atom. The lowest BCUT2D eigenvalue weighted by molar-refractivity contribution is 0.207. The van der Waals surface area contributed by atoms with Gasteiger partial charge in [-0.15, -0.1) is 0 Å². The molecule has 0 spiro atoms.